The molecule has 0 fully saturated rings. The number of rotatable bonds is 4. The summed E-state index contributed by atoms with van der Waals surface area (Å²) in [6.45, 7) is 0. The number of aliphatic carboxylic acids is 1. The number of H-pyrrole nitrogens is 2. The molecule has 0 amide bonds. The Labute approximate surface area is 110 Å². The Morgan fingerprint density at radius 3 is 2.60 bits per heavy atom. The van der Waals surface area contributed by atoms with Crippen LogP contribution in [0.5, 0.6) is 0 Å². The van der Waals surface area contributed by atoms with E-state index in [4.69, 9.17) is 5.11 Å². The molecule has 2 rings (SSSR count). The molecule has 0 atom stereocenters. The highest BCUT2D eigenvalue weighted by Gasteiger charge is 2.15. The number of nitro benzene ring substituents is 1. The number of carbonyl (C=O) groups is 1. The van der Waals surface area contributed by atoms with Gasteiger partial charge in [-0.2, -0.15) is 0 Å². The summed E-state index contributed by atoms with van der Waals surface area (Å²) in [5.41, 5.74) is -1.50. The molecule has 0 spiro atoms. The van der Waals surface area contributed by atoms with E-state index in [2.05, 4.69) is 4.98 Å². The number of aromatic nitrogens is 2. The van der Waals surface area contributed by atoms with Crippen LogP contribution in [0.2, 0.25) is 0 Å². The van der Waals surface area contributed by atoms with Gasteiger partial charge in [-0.15, -0.1) is 0 Å². The van der Waals surface area contributed by atoms with Crippen molar-refractivity contribution >= 4 is 22.6 Å². The zero-order valence-electron chi connectivity index (χ0n) is 10.0. The molecule has 9 heteroatoms. The highest BCUT2D eigenvalue weighted by atomic mass is 16.6. The average molecular weight is 279 g/mol. The van der Waals surface area contributed by atoms with Gasteiger partial charge in [0.15, 0.2) is 0 Å². The van der Waals surface area contributed by atoms with E-state index in [1.807, 2.05) is 4.98 Å². The van der Waals surface area contributed by atoms with Gasteiger partial charge in [0.05, 0.1) is 15.8 Å². The number of hydrogen-bond donors (Lipinski definition) is 3. The SMILES string of the molecule is O=C(O)CCc1cc([N+](=O)[O-])cc2c(=O)[nH]c(=O)[nH]c12. The summed E-state index contributed by atoms with van der Waals surface area (Å²) in [6, 6.07) is 2.19. The molecule has 9 nitrogen and oxygen atoms in total. The molecule has 3 N–H and O–H groups in total. The van der Waals surface area contributed by atoms with E-state index < -0.39 is 22.1 Å². The fraction of sp³-hybridized carbons (Fsp3) is 0.182. The molecular weight excluding hydrogens is 270 g/mol. The lowest BCUT2D eigenvalue weighted by atomic mass is 10.0. The van der Waals surface area contributed by atoms with Gasteiger partial charge in [0.1, 0.15) is 0 Å². The van der Waals surface area contributed by atoms with Crippen LogP contribution in [0.3, 0.4) is 0 Å². The van der Waals surface area contributed by atoms with Crippen LogP contribution in [0.25, 0.3) is 10.9 Å². The molecule has 1 aromatic carbocycles. The van der Waals surface area contributed by atoms with Gasteiger partial charge in [-0.1, -0.05) is 0 Å². The third-order valence-electron chi connectivity index (χ3n) is 2.73. The standard InChI is InChI=1S/C11H9N3O6/c15-8(16)2-1-5-3-6(14(19)20)4-7-9(5)12-11(18)13-10(7)17/h3-4H,1-2H2,(H,15,16)(H2,12,13,17,18). The predicted molar refractivity (Wildman–Crippen MR) is 67.8 cm³/mol. The van der Waals surface area contributed by atoms with Gasteiger partial charge in [0.25, 0.3) is 11.2 Å². The summed E-state index contributed by atoms with van der Waals surface area (Å²) in [4.78, 5) is 48.0. The molecular formula is C11H9N3O6. The number of carboxylic acid groups (broad SMARTS) is 1. The summed E-state index contributed by atoms with van der Waals surface area (Å²) in [6.07, 6.45) is -0.308. The first-order valence-electron chi connectivity index (χ1n) is 5.54. The minimum absolute atomic E-state index is 0.0348. The highest BCUT2D eigenvalue weighted by Crippen LogP contribution is 2.22. The molecule has 104 valence electrons. The van der Waals surface area contributed by atoms with E-state index in [1.165, 1.54) is 0 Å². The normalized spacial score (nSPS) is 10.6. The number of fused-ring (bicyclic) bond motifs is 1. The molecule has 0 saturated heterocycles. The van der Waals surface area contributed by atoms with E-state index in [-0.39, 0.29) is 35.0 Å². The Balaban J connectivity index is 2.74. The zero-order valence-corrected chi connectivity index (χ0v) is 10.0. The van der Waals surface area contributed by atoms with Crippen molar-refractivity contribution in [1.82, 2.24) is 9.97 Å². The molecule has 0 aliphatic heterocycles. The Morgan fingerprint density at radius 2 is 2.00 bits per heavy atom. The fourth-order valence-corrected chi connectivity index (χ4v) is 1.87. The number of benzene rings is 1. The summed E-state index contributed by atoms with van der Waals surface area (Å²) in [5.74, 6) is -1.09. The van der Waals surface area contributed by atoms with Crippen molar-refractivity contribution in [2.75, 3.05) is 0 Å². The molecule has 0 unspecified atom stereocenters. The smallest absolute Gasteiger partial charge is 0.326 e. The van der Waals surface area contributed by atoms with Crippen molar-refractivity contribution in [1.29, 1.82) is 0 Å². The Hall–Kier alpha value is -2.97. The maximum atomic E-state index is 11.7. The number of nitrogens with zero attached hydrogens (tertiary/aromatic N) is 1. The van der Waals surface area contributed by atoms with Crippen molar-refractivity contribution in [2.45, 2.75) is 12.8 Å². The van der Waals surface area contributed by atoms with Crippen molar-refractivity contribution in [3.05, 3.63) is 48.6 Å². The monoisotopic (exact) mass is 279 g/mol. The average Bonchev–Trinajstić information content (AvgIpc) is 2.35. The van der Waals surface area contributed by atoms with Crippen LogP contribution >= 0.6 is 0 Å². The second-order valence-corrected chi connectivity index (χ2v) is 4.09. The highest BCUT2D eigenvalue weighted by molar-refractivity contribution is 5.83. The lowest BCUT2D eigenvalue weighted by Crippen LogP contribution is -2.22. The summed E-state index contributed by atoms with van der Waals surface area (Å²) in [7, 11) is 0. The van der Waals surface area contributed by atoms with Crippen LogP contribution in [0.15, 0.2) is 21.7 Å². The Morgan fingerprint density at radius 1 is 1.30 bits per heavy atom. The summed E-state index contributed by atoms with van der Waals surface area (Å²) in [5, 5.41) is 19.4. The molecule has 1 aromatic heterocycles. The first-order valence-corrected chi connectivity index (χ1v) is 5.54. The maximum absolute atomic E-state index is 11.7. The number of aromatic amines is 2. The summed E-state index contributed by atoms with van der Waals surface area (Å²) >= 11 is 0. The van der Waals surface area contributed by atoms with E-state index in [0.717, 1.165) is 12.1 Å². The van der Waals surface area contributed by atoms with Crippen molar-refractivity contribution in [3.63, 3.8) is 0 Å². The van der Waals surface area contributed by atoms with Gasteiger partial charge in [-0.05, 0) is 12.0 Å². The van der Waals surface area contributed by atoms with E-state index in [1.54, 1.807) is 0 Å². The quantitative estimate of drug-likeness (QED) is 0.536. The first kappa shape index (κ1) is 13.5. The molecule has 2 aromatic rings. The number of nitro groups is 1. The van der Waals surface area contributed by atoms with Crippen LogP contribution in [0.4, 0.5) is 5.69 Å². The van der Waals surface area contributed by atoms with Crippen molar-refractivity contribution in [2.24, 2.45) is 0 Å². The first-order chi connectivity index (χ1) is 9.38. The molecule has 0 saturated carbocycles. The molecule has 0 radical (unpaired) electrons. The Kier molecular flexibility index (Phi) is 3.34. The van der Waals surface area contributed by atoms with Crippen LogP contribution < -0.4 is 11.2 Å². The summed E-state index contributed by atoms with van der Waals surface area (Å²) < 4.78 is 0. The minimum Gasteiger partial charge on any atom is -0.481 e. The van der Waals surface area contributed by atoms with Crippen LogP contribution in [0, 0.1) is 10.1 Å². The number of non-ortho nitro benzene ring substituents is 1. The molecule has 0 aliphatic rings. The molecule has 1 heterocycles. The minimum atomic E-state index is -1.09. The molecule has 0 aliphatic carbocycles. The lowest BCUT2D eigenvalue weighted by molar-refractivity contribution is -0.384. The van der Waals surface area contributed by atoms with Gasteiger partial charge in [-0.3, -0.25) is 24.7 Å². The zero-order chi connectivity index (χ0) is 14.9. The second-order valence-electron chi connectivity index (χ2n) is 4.09. The van der Waals surface area contributed by atoms with Gasteiger partial charge in [-0.25, -0.2) is 4.79 Å². The van der Waals surface area contributed by atoms with E-state index >= 15 is 0 Å². The second kappa shape index (κ2) is 4.96. The lowest BCUT2D eigenvalue weighted by Gasteiger charge is -2.04. The number of aryl methyl sites for hydroxylation is 1. The van der Waals surface area contributed by atoms with Gasteiger partial charge < -0.3 is 10.1 Å². The van der Waals surface area contributed by atoms with Gasteiger partial charge in [0, 0.05) is 18.6 Å². The van der Waals surface area contributed by atoms with E-state index in [9.17, 15) is 24.5 Å². The number of hydrogen-bond acceptors (Lipinski definition) is 5. The molecule has 0 bridgehead atoms. The largest absolute Gasteiger partial charge is 0.481 e. The van der Waals surface area contributed by atoms with E-state index in [0.29, 0.717) is 0 Å². The topological polar surface area (TPSA) is 146 Å². The predicted octanol–water partition coefficient (Wildman–Crippen LogP) is 0.142. The third-order valence-corrected chi connectivity index (χ3v) is 2.73. The van der Waals surface area contributed by atoms with Crippen molar-refractivity contribution < 1.29 is 14.8 Å². The van der Waals surface area contributed by atoms with Crippen LogP contribution in [-0.4, -0.2) is 26.0 Å². The van der Waals surface area contributed by atoms with Crippen LogP contribution in [-0.2, 0) is 11.2 Å². The Bertz CT molecular complexity index is 819. The van der Waals surface area contributed by atoms with Gasteiger partial charge >= 0.3 is 11.7 Å². The number of nitrogens with one attached hydrogen (secondary N) is 2. The van der Waals surface area contributed by atoms with Crippen molar-refractivity contribution in [3.8, 4) is 0 Å². The fourth-order valence-electron chi connectivity index (χ4n) is 1.87. The van der Waals surface area contributed by atoms with Crippen LogP contribution in [0.1, 0.15) is 12.0 Å². The number of carboxylic acids is 1. The van der Waals surface area contributed by atoms with Gasteiger partial charge in [0.2, 0.25) is 0 Å². The molecule has 20 heavy (non-hydrogen) atoms. The maximum Gasteiger partial charge on any atom is 0.326 e. The third kappa shape index (κ3) is 2.55.